The molecule has 0 amide bonds. The number of ether oxygens (including phenoxy) is 3. The third-order valence-corrected chi connectivity index (χ3v) is 4.98. The van der Waals surface area contributed by atoms with Crippen LogP contribution in [0.3, 0.4) is 0 Å². The van der Waals surface area contributed by atoms with Crippen LogP contribution in [0.4, 0.5) is 0 Å². The van der Waals surface area contributed by atoms with Gasteiger partial charge in [-0.15, -0.1) is 11.8 Å². The van der Waals surface area contributed by atoms with Gasteiger partial charge in [-0.25, -0.2) is 4.79 Å². The molecule has 7 nitrogen and oxygen atoms in total. The van der Waals surface area contributed by atoms with Gasteiger partial charge >= 0.3 is 11.9 Å². The highest BCUT2D eigenvalue weighted by molar-refractivity contribution is 8.14. The summed E-state index contributed by atoms with van der Waals surface area (Å²) in [5.74, 6) is 0.281. The number of phenolic OH excluding ortho intramolecular Hbond substituents is 1. The monoisotopic (exact) mass is 367 g/mol. The standard InChI is InChI=1S/C17H21NO6S/c1-17(16(21)23-3)10-25-15(18-17)12-7-6-11(9-13(12)19)24-8-4-5-14(20)22-2/h6-7,9,19H,4-5,8,10H2,1-3H3/t17-/m1/s1. The first-order chi connectivity index (χ1) is 11.9. The van der Waals surface area contributed by atoms with Gasteiger partial charge in [-0.1, -0.05) is 0 Å². The summed E-state index contributed by atoms with van der Waals surface area (Å²) in [4.78, 5) is 27.2. The van der Waals surface area contributed by atoms with Crippen molar-refractivity contribution in [3.05, 3.63) is 23.8 Å². The van der Waals surface area contributed by atoms with Gasteiger partial charge in [0.25, 0.3) is 0 Å². The third-order valence-electron chi connectivity index (χ3n) is 3.68. The minimum atomic E-state index is -0.940. The first-order valence-corrected chi connectivity index (χ1v) is 8.72. The summed E-state index contributed by atoms with van der Waals surface area (Å²) < 4.78 is 14.8. The number of hydrogen-bond acceptors (Lipinski definition) is 8. The number of thioether (sulfide) groups is 1. The topological polar surface area (TPSA) is 94.4 Å². The van der Waals surface area contributed by atoms with E-state index in [9.17, 15) is 14.7 Å². The van der Waals surface area contributed by atoms with Crippen LogP contribution in [0.2, 0.25) is 0 Å². The third kappa shape index (κ3) is 4.66. The number of benzene rings is 1. The summed E-state index contributed by atoms with van der Waals surface area (Å²) in [6.07, 6.45) is 0.801. The van der Waals surface area contributed by atoms with Gasteiger partial charge in [-0.3, -0.25) is 9.79 Å². The number of carbonyl (C=O) groups is 2. The second kappa shape index (κ2) is 8.24. The maximum Gasteiger partial charge on any atom is 0.334 e. The van der Waals surface area contributed by atoms with Gasteiger partial charge in [-0.05, 0) is 25.5 Å². The second-order valence-corrected chi connectivity index (χ2v) is 6.64. The summed E-state index contributed by atoms with van der Waals surface area (Å²) in [7, 11) is 2.67. The molecule has 0 unspecified atom stereocenters. The number of phenols is 1. The van der Waals surface area contributed by atoms with E-state index in [2.05, 4.69) is 9.73 Å². The lowest BCUT2D eigenvalue weighted by atomic mass is 10.1. The molecular formula is C17H21NO6S. The summed E-state index contributed by atoms with van der Waals surface area (Å²) in [6, 6.07) is 4.90. The van der Waals surface area contributed by atoms with E-state index >= 15 is 0 Å². The summed E-state index contributed by atoms with van der Waals surface area (Å²) in [5.41, 5.74) is -0.399. The predicted molar refractivity (Wildman–Crippen MR) is 94.3 cm³/mol. The van der Waals surface area contributed by atoms with Crippen molar-refractivity contribution < 1.29 is 28.9 Å². The molecule has 136 valence electrons. The Morgan fingerprint density at radius 3 is 2.72 bits per heavy atom. The lowest BCUT2D eigenvalue weighted by Gasteiger charge is -2.15. The van der Waals surface area contributed by atoms with Crippen LogP contribution in [0, 0.1) is 0 Å². The Morgan fingerprint density at radius 1 is 1.32 bits per heavy atom. The number of esters is 2. The Labute approximate surface area is 150 Å². The van der Waals surface area contributed by atoms with E-state index in [1.165, 1.54) is 32.0 Å². The van der Waals surface area contributed by atoms with Crippen LogP contribution in [0.1, 0.15) is 25.3 Å². The molecule has 0 bridgehead atoms. The quantitative estimate of drug-likeness (QED) is 0.583. The Bertz CT molecular complexity index is 690. The highest BCUT2D eigenvalue weighted by Gasteiger charge is 2.40. The Morgan fingerprint density at radius 2 is 2.08 bits per heavy atom. The van der Waals surface area contributed by atoms with Crippen LogP contribution in [-0.2, 0) is 19.1 Å². The van der Waals surface area contributed by atoms with E-state index in [1.54, 1.807) is 19.1 Å². The van der Waals surface area contributed by atoms with Crippen molar-refractivity contribution in [1.82, 2.24) is 0 Å². The first-order valence-electron chi connectivity index (χ1n) is 7.73. The molecule has 1 aromatic rings. The first kappa shape index (κ1) is 19.1. The summed E-state index contributed by atoms with van der Waals surface area (Å²) in [6.45, 7) is 2.04. The zero-order valence-corrected chi connectivity index (χ0v) is 15.2. The molecular weight excluding hydrogens is 346 g/mol. The number of aromatic hydroxyl groups is 1. The fourth-order valence-electron chi connectivity index (χ4n) is 2.25. The van der Waals surface area contributed by atoms with Crippen molar-refractivity contribution in [2.45, 2.75) is 25.3 Å². The van der Waals surface area contributed by atoms with E-state index in [0.29, 0.717) is 35.1 Å². The van der Waals surface area contributed by atoms with Gasteiger partial charge < -0.3 is 19.3 Å². The number of carbonyl (C=O) groups excluding carboxylic acids is 2. The van der Waals surface area contributed by atoms with Crippen LogP contribution in [0.15, 0.2) is 23.2 Å². The molecule has 1 aromatic carbocycles. The zero-order valence-electron chi connectivity index (χ0n) is 14.4. The number of nitrogens with zero attached hydrogens (tertiary/aromatic N) is 1. The van der Waals surface area contributed by atoms with Crippen LogP contribution in [0.5, 0.6) is 11.5 Å². The molecule has 2 rings (SSSR count). The number of hydrogen-bond donors (Lipinski definition) is 1. The zero-order chi connectivity index (χ0) is 18.4. The van der Waals surface area contributed by atoms with Crippen molar-refractivity contribution >= 4 is 28.7 Å². The van der Waals surface area contributed by atoms with Gasteiger partial charge in [0.15, 0.2) is 5.54 Å². The minimum absolute atomic E-state index is 0.0193. The molecule has 0 radical (unpaired) electrons. The molecule has 8 heteroatoms. The SMILES string of the molecule is COC(=O)CCCOc1ccc(C2=N[C@@](C)(C(=O)OC)CS2)c(O)c1. The van der Waals surface area contributed by atoms with Gasteiger partial charge in [0, 0.05) is 23.8 Å². The second-order valence-electron chi connectivity index (χ2n) is 5.68. The molecule has 1 aliphatic heterocycles. The lowest BCUT2D eigenvalue weighted by Crippen LogP contribution is -2.34. The van der Waals surface area contributed by atoms with E-state index in [-0.39, 0.29) is 18.1 Å². The van der Waals surface area contributed by atoms with Crippen molar-refractivity contribution in [2.75, 3.05) is 26.6 Å². The van der Waals surface area contributed by atoms with Gasteiger partial charge in [-0.2, -0.15) is 0 Å². The lowest BCUT2D eigenvalue weighted by molar-refractivity contribution is -0.145. The van der Waals surface area contributed by atoms with Gasteiger partial charge in [0.2, 0.25) is 0 Å². The molecule has 0 aromatic heterocycles. The van der Waals surface area contributed by atoms with Crippen LogP contribution >= 0.6 is 11.8 Å². The van der Waals surface area contributed by atoms with Crippen LogP contribution < -0.4 is 4.74 Å². The Hall–Kier alpha value is -2.22. The molecule has 1 N–H and O–H groups in total. The van der Waals surface area contributed by atoms with Gasteiger partial charge in [0.05, 0.1) is 20.8 Å². The highest BCUT2D eigenvalue weighted by atomic mass is 32.2. The number of methoxy groups -OCH3 is 2. The van der Waals surface area contributed by atoms with Crippen molar-refractivity contribution in [3.63, 3.8) is 0 Å². The average molecular weight is 367 g/mol. The van der Waals surface area contributed by atoms with E-state index in [4.69, 9.17) is 9.47 Å². The maximum absolute atomic E-state index is 11.8. The minimum Gasteiger partial charge on any atom is -0.507 e. The molecule has 0 saturated carbocycles. The Balaban J connectivity index is 2.01. The van der Waals surface area contributed by atoms with E-state index in [0.717, 1.165) is 0 Å². The van der Waals surface area contributed by atoms with E-state index < -0.39 is 11.5 Å². The molecule has 0 aliphatic carbocycles. The van der Waals surface area contributed by atoms with Gasteiger partial charge in [0.1, 0.15) is 16.5 Å². The molecule has 0 fully saturated rings. The normalized spacial score (nSPS) is 19.2. The summed E-state index contributed by atoms with van der Waals surface area (Å²) in [5, 5.41) is 10.8. The van der Waals surface area contributed by atoms with Crippen molar-refractivity contribution in [3.8, 4) is 11.5 Å². The molecule has 1 atom stereocenters. The molecule has 0 spiro atoms. The Kier molecular flexibility index (Phi) is 6.30. The maximum atomic E-state index is 11.8. The predicted octanol–water partition coefficient (Wildman–Crippen LogP) is 2.15. The molecule has 25 heavy (non-hydrogen) atoms. The van der Waals surface area contributed by atoms with Crippen molar-refractivity contribution in [2.24, 2.45) is 4.99 Å². The van der Waals surface area contributed by atoms with E-state index in [1.807, 2.05) is 0 Å². The van der Waals surface area contributed by atoms with Crippen molar-refractivity contribution in [1.29, 1.82) is 0 Å². The average Bonchev–Trinajstić information content (AvgIpc) is 3.01. The summed E-state index contributed by atoms with van der Waals surface area (Å²) >= 11 is 1.39. The smallest absolute Gasteiger partial charge is 0.334 e. The molecule has 1 aliphatic rings. The molecule has 0 saturated heterocycles. The highest BCUT2D eigenvalue weighted by Crippen LogP contribution is 2.35. The number of aliphatic imine (C=N–C) groups is 1. The van der Waals surface area contributed by atoms with Crippen LogP contribution in [-0.4, -0.2) is 54.2 Å². The number of rotatable bonds is 7. The fraction of sp³-hybridized carbons (Fsp3) is 0.471. The largest absolute Gasteiger partial charge is 0.507 e. The van der Waals surface area contributed by atoms with Crippen LogP contribution in [0.25, 0.3) is 0 Å². The fourth-order valence-corrected chi connectivity index (χ4v) is 3.44. The molecule has 1 heterocycles.